The molecular weight excluding hydrogens is 205 g/mol. The molecule has 2 rings (SSSR count). The highest BCUT2D eigenvalue weighted by molar-refractivity contribution is 5.94. The van der Waals surface area contributed by atoms with Crippen LogP contribution in [0.2, 0.25) is 0 Å². The molecule has 0 aliphatic heterocycles. The molecule has 1 fully saturated rings. The third-order valence-electron chi connectivity index (χ3n) is 3.14. The third kappa shape index (κ3) is 2.40. The molecule has 1 saturated carbocycles. The molecule has 16 heavy (non-hydrogen) atoms. The van der Waals surface area contributed by atoms with E-state index in [0.29, 0.717) is 12.5 Å². The minimum Gasteiger partial charge on any atom is -0.352 e. The molecule has 1 aromatic carbocycles. The van der Waals surface area contributed by atoms with E-state index in [1.54, 1.807) is 12.1 Å². The zero-order chi connectivity index (χ0) is 11.5. The average molecular weight is 221 g/mol. The quantitative estimate of drug-likeness (QED) is 0.835. The molecule has 1 aromatic rings. The Bertz CT molecular complexity index is 399. The van der Waals surface area contributed by atoms with Crippen LogP contribution in [0.15, 0.2) is 18.2 Å². The molecule has 0 radical (unpaired) electrons. The van der Waals surface area contributed by atoms with Crippen molar-refractivity contribution in [3.8, 4) is 0 Å². The fourth-order valence-corrected chi connectivity index (χ4v) is 1.84. The van der Waals surface area contributed by atoms with Crippen LogP contribution in [0.25, 0.3) is 0 Å². The summed E-state index contributed by atoms with van der Waals surface area (Å²) in [4.78, 5) is 11.7. The van der Waals surface area contributed by atoms with Crippen LogP contribution in [0.1, 0.15) is 35.2 Å². The Kier molecular flexibility index (Phi) is 3.22. The van der Waals surface area contributed by atoms with Crippen molar-refractivity contribution in [2.24, 2.45) is 5.92 Å². The maximum atomic E-state index is 13.4. The summed E-state index contributed by atoms with van der Waals surface area (Å²) < 4.78 is 13.4. The van der Waals surface area contributed by atoms with Crippen molar-refractivity contribution in [1.82, 2.24) is 5.32 Å². The van der Waals surface area contributed by atoms with Crippen LogP contribution in [-0.2, 0) is 0 Å². The molecule has 1 aliphatic rings. The summed E-state index contributed by atoms with van der Waals surface area (Å²) in [6.45, 7) is 2.52. The molecule has 0 unspecified atom stereocenters. The van der Waals surface area contributed by atoms with Crippen LogP contribution in [0.4, 0.5) is 4.39 Å². The summed E-state index contributed by atoms with van der Waals surface area (Å²) in [5.41, 5.74) is 1.05. The molecule has 0 bridgehead atoms. The lowest BCUT2D eigenvalue weighted by molar-refractivity contribution is 0.0935. The minimum absolute atomic E-state index is 0.152. The number of carbonyl (C=O) groups is 1. The van der Waals surface area contributed by atoms with Crippen LogP contribution in [0, 0.1) is 18.7 Å². The third-order valence-corrected chi connectivity index (χ3v) is 3.14. The van der Waals surface area contributed by atoms with Gasteiger partial charge in [-0.25, -0.2) is 4.39 Å². The van der Waals surface area contributed by atoms with Gasteiger partial charge in [-0.3, -0.25) is 4.79 Å². The smallest absolute Gasteiger partial charge is 0.254 e. The van der Waals surface area contributed by atoms with Gasteiger partial charge in [-0.15, -0.1) is 0 Å². The van der Waals surface area contributed by atoms with Crippen LogP contribution >= 0.6 is 0 Å². The van der Waals surface area contributed by atoms with Crippen molar-refractivity contribution >= 4 is 5.91 Å². The Balaban J connectivity index is 1.99. The lowest BCUT2D eigenvalue weighted by Gasteiger charge is -2.25. The van der Waals surface area contributed by atoms with Gasteiger partial charge in [0.1, 0.15) is 5.82 Å². The van der Waals surface area contributed by atoms with E-state index in [-0.39, 0.29) is 11.5 Å². The normalized spacial score (nSPS) is 15.6. The maximum Gasteiger partial charge on any atom is 0.254 e. The van der Waals surface area contributed by atoms with Gasteiger partial charge in [-0.05, 0) is 37.8 Å². The monoisotopic (exact) mass is 221 g/mol. The number of benzene rings is 1. The zero-order valence-electron chi connectivity index (χ0n) is 9.42. The molecule has 0 aromatic heterocycles. The number of aryl methyl sites for hydroxylation is 1. The fraction of sp³-hybridized carbons (Fsp3) is 0.462. The molecule has 1 aliphatic carbocycles. The van der Waals surface area contributed by atoms with Crippen molar-refractivity contribution in [1.29, 1.82) is 0 Å². The second-order valence-corrected chi connectivity index (χ2v) is 4.49. The van der Waals surface area contributed by atoms with Gasteiger partial charge in [0.15, 0.2) is 0 Å². The van der Waals surface area contributed by atoms with Gasteiger partial charge in [-0.2, -0.15) is 0 Å². The van der Waals surface area contributed by atoms with Crippen molar-refractivity contribution < 1.29 is 9.18 Å². The molecule has 1 N–H and O–H groups in total. The second-order valence-electron chi connectivity index (χ2n) is 4.49. The number of hydrogen-bond acceptors (Lipinski definition) is 1. The molecule has 2 nitrogen and oxygen atoms in total. The topological polar surface area (TPSA) is 29.1 Å². The summed E-state index contributed by atoms with van der Waals surface area (Å²) in [6, 6.07) is 4.59. The molecule has 0 saturated heterocycles. The van der Waals surface area contributed by atoms with Crippen molar-refractivity contribution in [3.05, 3.63) is 35.1 Å². The Hall–Kier alpha value is -1.38. The standard InChI is InChI=1S/C13H16FNO/c1-9-5-6-12(14)11(7-9)13(16)15-8-10-3-2-4-10/h5-7,10H,2-4,8H2,1H3,(H,15,16). The van der Waals surface area contributed by atoms with Crippen LogP contribution in [0.3, 0.4) is 0 Å². The van der Waals surface area contributed by atoms with Crippen molar-refractivity contribution in [3.63, 3.8) is 0 Å². The number of carbonyl (C=O) groups excluding carboxylic acids is 1. The Morgan fingerprint density at radius 1 is 1.50 bits per heavy atom. The van der Waals surface area contributed by atoms with E-state index in [0.717, 1.165) is 5.56 Å². The largest absolute Gasteiger partial charge is 0.352 e. The minimum atomic E-state index is -0.447. The Morgan fingerprint density at radius 2 is 2.25 bits per heavy atom. The zero-order valence-corrected chi connectivity index (χ0v) is 9.42. The molecule has 0 heterocycles. The highest BCUT2D eigenvalue weighted by atomic mass is 19.1. The summed E-state index contributed by atoms with van der Waals surface area (Å²) in [7, 11) is 0. The number of hydrogen-bond donors (Lipinski definition) is 1. The summed E-state index contributed by atoms with van der Waals surface area (Å²) >= 11 is 0. The van der Waals surface area contributed by atoms with E-state index >= 15 is 0 Å². The average Bonchev–Trinajstić information content (AvgIpc) is 2.19. The van der Waals surface area contributed by atoms with Gasteiger partial charge in [0.25, 0.3) is 5.91 Å². The predicted octanol–water partition coefficient (Wildman–Crippen LogP) is 2.66. The SMILES string of the molecule is Cc1ccc(F)c(C(=O)NCC2CCC2)c1. The van der Waals surface area contributed by atoms with Gasteiger partial charge >= 0.3 is 0 Å². The van der Waals surface area contributed by atoms with E-state index < -0.39 is 5.82 Å². The molecule has 0 atom stereocenters. The number of halogens is 1. The predicted molar refractivity (Wildman–Crippen MR) is 60.8 cm³/mol. The molecule has 86 valence electrons. The van der Waals surface area contributed by atoms with Crippen LogP contribution < -0.4 is 5.32 Å². The molecular formula is C13H16FNO. The summed E-state index contributed by atoms with van der Waals surface area (Å²) in [6.07, 6.45) is 3.60. The van der Waals surface area contributed by atoms with Gasteiger partial charge in [0.05, 0.1) is 5.56 Å². The molecule has 1 amide bonds. The first kappa shape index (κ1) is 11.1. The van der Waals surface area contributed by atoms with Gasteiger partial charge in [-0.1, -0.05) is 18.1 Å². The fourth-order valence-electron chi connectivity index (χ4n) is 1.84. The maximum absolute atomic E-state index is 13.4. The van der Waals surface area contributed by atoms with Crippen molar-refractivity contribution in [2.45, 2.75) is 26.2 Å². The Morgan fingerprint density at radius 3 is 2.88 bits per heavy atom. The van der Waals surface area contributed by atoms with E-state index in [9.17, 15) is 9.18 Å². The summed E-state index contributed by atoms with van der Waals surface area (Å²) in [5.74, 6) is -0.151. The van der Waals surface area contributed by atoms with Gasteiger partial charge in [0, 0.05) is 6.54 Å². The van der Waals surface area contributed by atoms with Crippen LogP contribution in [0.5, 0.6) is 0 Å². The lowest BCUT2D eigenvalue weighted by Crippen LogP contribution is -2.32. The first-order chi connectivity index (χ1) is 7.66. The van der Waals surface area contributed by atoms with E-state index in [1.165, 1.54) is 25.3 Å². The molecule has 0 spiro atoms. The highest BCUT2D eigenvalue weighted by Gasteiger charge is 2.19. The Labute approximate surface area is 94.9 Å². The summed E-state index contributed by atoms with van der Waals surface area (Å²) in [5, 5.41) is 2.79. The number of amides is 1. The van der Waals surface area contributed by atoms with E-state index in [4.69, 9.17) is 0 Å². The number of rotatable bonds is 3. The lowest BCUT2D eigenvalue weighted by atomic mass is 9.85. The van der Waals surface area contributed by atoms with E-state index in [2.05, 4.69) is 5.32 Å². The van der Waals surface area contributed by atoms with E-state index in [1.807, 2.05) is 6.92 Å². The first-order valence-corrected chi connectivity index (χ1v) is 5.71. The van der Waals surface area contributed by atoms with Crippen molar-refractivity contribution in [2.75, 3.05) is 6.54 Å². The van der Waals surface area contributed by atoms with Crippen LogP contribution in [-0.4, -0.2) is 12.5 Å². The molecule has 3 heteroatoms. The second kappa shape index (κ2) is 4.64. The van der Waals surface area contributed by atoms with Gasteiger partial charge < -0.3 is 5.32 Å². The first-order valence-electron chi connectivity index (χ1n) is 5.71. The highest BCUT2D eigenvalue weighted by Crippen LogP contribution is 2.25. The van der Waals surface area contributed by atoms with Gasteiger partial charge in [0.2, 0.25) is 0 Å². The number of nitrogens with one attached hydrogen (secondary N) is 1.